The van der Waals surface area contributed by atoms with Gasteiger partial charge in [0.1, 0.15) is 6.04 Å². The number of aliphatic carboxylic acids is 1. The van der Waals surface area contributed by atoms with Gasteiger partial charge in [-0.3, -0.25) is 9.59 Å². The minimum absolute atomic E-state index is 0.0118. The number of hydrogen-bond acceptors (Lipinski definition) is 3. The molecule has 26 heavy (non-hydrogen) atoms. The maximum absolute atomic E-state index is 12.8. The molecule has 2 saturated heterocycles. The van der Waals surface area contributed by atoms with Crippen molar-refractivity contribution in [1.82, 2.24) is 10.2 Å². The van der Waals surface area contributed by atoms with Crippen molar-refractivity contribution in [2.45, 2.75) is 38.8 Å². The molecule has 1 aromatic carbocycles. The van der Waals surface area contributed by atoms with Gasteiger partial charge >= 0.3 is 12.0 Å². The molecule has 2 fully saturated rings. The number of rotatable bonds is 3. The summed E-state index contributed by atoms with van der Waals surface area (Å²) >= 11 is 0. The van der Waals surface area contributed by atoms with Crippen molar-refractivity contribution in [3.63, 3.8) is 0 Å². The van der Waals surface area contributed by atoms with Gasteiger partial charge < -0.3 is 20.2 Å². The van der Waals surface area contributed by atoms with E-state index in [1.807, 2.05) is 44.2 Å². The highest BCUT2D eigenvalue weighted by atomic mass is 16.4. The lowest BCUT2D eigenvalue weighted by molar-refractivity contribution is -0.143. The second-order valence-electron chi connectivity index (χ2n) is 7.41. The van der Waals surface area contributed by atoms with E-state index in [4.69, 9.17) is 0 Å². The minimum atomic E-state index is -0.879. The van der Waals surface area contributed by atoms with E-state index in [1.165, 1.54) is 4.90 Å². The van der Waals surface area contributed by atoms with E-state index < -0.39 is 17.9 Å². The fourth-order valence-corrected chi connectivity index (χ4v) is 3.96. The molecule has 3 amide bonds. The van der Waals surface area contributed by atoms with Gasteiger partial charge in [-0.2, -0.15) is 0 Å². The van der Waals surface area contributed by atoms with E-state index in [0.29, 0.717) is 19.4 Å². The molecule has 0 aromatic heterocycles. The summed E-state index contributed by atoms with van der Waals surface area (Å²) in [5, 5.41) is 12.1. The monoisotopic (exact) mass is 359 g/mol. The second-order valence-corrected chi connectivity index (χ2v) is 7.41. The topological polar surface area (TPSA) is 89.9 Å². The van der Waals surface area contributed by atoms with Crippen LogP contribution in [0.25, 0.3) is 0 Å². The zero-order valence-electron chi connectivity index (χ0n) is 15.1. The summed E-state index contributed by atoms with van der Waals surface area (Å²) < 4.78 is 0. The van der Waals surface area contributed by atoms with Gasteiger partial charge in [-0.05, 0) is 37.8 Å². The summed E-state index contributed by atoms with van der Waals surface area (Å²) in [7, 11) is 0. The van der Waals surface area contributed by atoms with Gasteiger partial charge in [-0.25, -0.2) is 4.79 Å². The Labute approximate surface area is 153 Å². The first-order valence-corrected chi connectivity index (χ1v) is 9.03. The number of benzene rings is 1. The summed E-state index contributed by atoms with van der Waals surface area (Å²) in [5.74, 6) is -1.44. The highest BCUT2D eigenvalue weighted by molar-refractivity contribution is 6.01. The predicted octanol–water partition coefficient (Wildman–Crippen LogP) is 1.93. The van der Waals surface area contributed by atoms with Gasteiger partial charge in [0.2, 0.25) is 5.91 Å². The number of nitrogens with zero attached hydrogens (tertiary/aromatic N) is 2. The van der Waals surface area contributed by atoms with Crippen LogP contribution in [0.2, 0.25) is 0 Å². The van der Waals surface area contributed by atoms with Crippen molar-refractivity contribution in [2.24, 2.45) is 11.8 Å². The van der Waals surface area contributed by atoms with Crippen LogP contribution in [0.15, 0.2) is 30.3 Å². The number of nitrogens with one attached hydrogen (secondary N) is 1. The molecular weight excluding hydrogens is 334 g/mol. The molecule has 0 spiro atoms. The number of anilines is 1. The average Bonchev–Trinajstić information content (AvgIpc) is 2.88. The number of piperidine rings is 1. The number of hydrogen-bond donors (Lipinski definition) is 2. The standard InChI is InChI=1S/C19H25N3O4/c1-12-8-14(18(24)25)11-21(10-12)19(26)20-16-9-13(2)22(17(16)23)15-6-4-3-5-7-15/h3-7,12-14,16H,8-11H2,1-2H3,(H,20,26)(H,24,25). The first kappa shape index (κ1) is 18.2. The second kappa shape index (κ2) is 7.35. The Hall–Kier alpha value is -2.57. The number of likely N-dealkylation sites (tertiary alicyclic amines) is 1. The third-order valence-electron chi connectivity index (χ3n) is 5.18. The van der Waals surface area contributed by atoms with Gasteiger partial charge in [0.25, 0.3) is 0 Å². The van der Waals surface area contributed by atoms with Gasteiger partial charge in [-0.1, -0.05) is 25.1 Å². The molecule has 0 radical (unpaired) electrons. The molecule has 7 heteroatoms. The lowest BCUT2D eigenvalue weighted by atomic mass is 9.91. The van der Waals surface area contributed by atoms with E-state index in [9.17, 15) is 19.5 Å². The van der Waals surface area contributed by atoms with Crippen LogP contribution in [0.5, 0.6) is 0 Å². The van der Waals surface area contributed by atoms with Crippen LogP contribution in [0, 0.1) is 11.8 Å². The van der Waals surface area contributed by atoms with Crippen LogP contribution in [-0.2, 0) is 9.59 Å². The molecule has 2 aliphatic rings. The van der Waals surface area contributed by atoms with Crippen LogP contribution in [-0.4, -0.2) is 53.1 Å². The Morgan fingerprint density at radius 1 is 1.12 bits per heavy atom. The van der Waals surface area contributed by atoms with E-state index in [-0.39, 0.29) is 30.4 Å². The minimum Gasteiger partial charge on any atom is -0.481 e. The Morgan fingerprint density at radius 2 is 1.81 bits per heavy atom. The number of carbonyl (C=O) groups excluding carboxylic acids is 2. The molecule has 7 nitrogen and oxygen atoms in total. The third kappa shape index (κ3) is 3.66. The molecule has 140 valence electrons. The summed E-state index contributed by atoms with van der Waals surface area (Å²) in [4.78, 5) is 39.9. The zero-order chi connectivity index (χ0) is 18.8. The molecular formula is C19H25N3O4. The number of carbonyl (C=O) groups is 3. The van der Waals surface area contributed by atoms with Crippen LogP contribution in [0.3, 0.4) is 0 Å². The van der Waals surface area contributed by atoms with Crippen LogP contribution in [0.4, 0.5) is 10.5 Å². The first-order chi connectivity index (χ1) is 12.4. The molecule has 1 aromatic rings. The Morgan fingerprint density at radius 3 is 2.46 bits per heavy atom. The molecule has 2 aliphatic heterocycles. The van der Waals surface area contributed by atoms with E-state index in [1.54, 1.807) is 4.90 Å². The first-order valence-electron chi connectivity index (χ1n) is 9.03. The average molecular weight is 359 g/mol. The molecule has 4 atom stereocenters. The molecule has 0 saturated carbocycles. The summed E-state index contributed by atoms with van der Waals surface area (Å²) in [6.45, 7) is 4.59. The van der Waals surface area contributed by atoms with Gasteiger partial charge in [0.05, 0.1) is 5.92 Å². The Kier molecular flexibility index (Phi) is 5.15. The van der Waals surface area contributed by atoms with E-state index in [0.717, 1.165) is 5.69 Å². The van der Waals surface area contributed by atoms with E-state index in [2.05, 4.69) is 5.32 Å². The Bertz CT molecular complexity index is 693. The molecule has 2 heterocycles. The number of urea groups is 1. The molecule has 0 bridgehead atoms. The van der Waals surface area contributed by atoms with Gasteiger partial charge in [0, 0.05) is 24.8 Å². The Balaban J connectivity index is 1.66. The fourth-order valence-electron chi connectivity index (χ4n) is 3.96. The lowest BCUT2D eigenvalue weighted by Crippen LogP contribution is -2.53. The normalized spacial score (nSPS) is 28.9. The van der Waals surface area contributed by atoms with Crippen LogP contribution < -0.4 is 10.2 Å². The maximum Gasteiger partial charge on any atom is 0.318 e. The highest BCUT2D eigenvalue weighted by Crippen LogP contribution is 2.27. The number of carboxylic acids is 1. The predicted molar refractivity (Wildman–Crippen MR) is 96.8 cm³/mol. The summed E-state index contributed by atoms with van der Waals surface area (Å²) in [5.41, 5.74) is 0.819. The van der Waals surface area contributed by atoms with Crippen LogP contribution >= 0.6 is 0 Å². The quantitative estimate of drug-likeness (QED) is 0.863. The molecule has 3 rings (SSSR count). The smallest absolute Gasteiger partial charge is 0.318 e. The summed E-state index contributed by atoms with van der Waals surface area (Å²) in [6, 6.07) is 8.45. The molecule has 4 unspecified atom stereocenters. The zero-order valence-corrected chi connectivity index (χ0v) is 15.1. The fraction of sp³-hybridized carbons (Fsp3) is 0.526. The maximum atomic E-state index is 12.8. The van der Waals surface area contributed by atoms with Crippen molar-refractivity contribution < 1.29 is 19.5 Å². The number of amides is 3. The van der Waals surface area contributed by atoms with Crippen molar-refractivity contribution in [2.75, 3.05) is 18.0 Å². The van der Waals surface area contributed by atoms with E-state index >= 15 is 0 Å². The number of para-hydroxylation sites is 1. The van der Waals surface area contributed by atoms with Crippen molar-refractivity contribution in [1.29, 1.82) is 0 Å². The van der Waals surface area contributed by atoms with Crippen LogP contribution in [0.1, 0.15) is 26.7 Å². The van der Waals surface area contributed by atoms with Crippen molar-refractivity contribution in [3.05, 3.63) is 30.3 Å². The largest absolute Gasteiger partial charge is 0.481 e. The number of carboxylic acid groups (broad SMARTS) is 1. The summed E-state index contributed by atoms with van der Waals surface area (Å²) in [6.07, 6.45) is 1.10. The van der Waals surface area contributed by atoms with Gasteiger partial charge in [0.15, 0.2) is 0 Å². The molecule has 2 N–H and O–H groups in total. The SMILES string of the molecule is CC1CC(C(=O)O)CN(C(=O)NC2CC(C)N(c3ccccc3)C2=O)C1. The highest BCUT2D eigenvalue weighted by Gasteiger charge is 2.40. The van der Waals surface area contributed by atoms with Gasteiger partial charge in [-0.15, -0.1) is 0 Å². The molecule has 0 aliphatic carbocycles. The lowest BCUT2D eigenvalue weighted by Gasteiger charge is -2.35. The van der Waals surface area contributed by atoms with Crippen molar-refractivity contribution >= 4 is 23.6 Å². The third-order valence-corrected chi connectivity index (χ3v) is 5.18. The van der Waals surface area contributed by atoms with Crippen molar-refractivity contribution in [3.8, 4) is 0 Å².